The molecule has 1 heterocycles. The predicted molar refractivity (Wildman–Crippen MR) is 54.9 cm³/mol. The zero-order valence-electron chi connectivity index (χ0n) is 7.64. The summed E-state index contributed by atoms with van der Waals surface area (Å²) in [5.74, 6) is 0.559. The van der Waals surface area contributed by atoms with Crippen molar-refractivity contribution in [1.29, 1.82) is 0 Å². The van der Waals surface area contributed by atoms with Crippen molar-refractivity contribution in [3.63, 3.8) is 0 Å². The Morgan fingerprint density at radius 2 is 2.08 bits per heavy atom. The molecule has 2 rings (SSSR count). The summed E-state index contributed by atoms with van der Waals surface area (Å²) >= 11 is 3.35. The first kappa shape index (κ1) is 9.06. The van der Waals surface area contributed by atoms with Gasteiger partial charge in [0.25, 0.3) is 5.56 Å². The van der Waals surface area contributed by atoms with Gasteiger partial charge in [-0.2, -0.15) is 0 Å². The fraction of sp³-hybridized carbons (Fsp3) is 0.667. The zero-order valence-corrected chi connectivity index (χ0v) is 9.23. The van der Waals surface area contributed by atoms with Crippen molar-refractivity contribution in [3.05, 3.63) is 20.5 Å². The highest BCUT2D eigenvalue weighted by molar-refractivity contribution is 9.10. The van der Waals surface area contributed by atoms with Crippen LogP contribution in [-0.2, 0) is 7.05 Å². The fourth-order valence-electron chi connectivity index (χ4n) is 2.03. The van der Waals surface area contributed by atoms with E-state index in [0.717, 1.165) is 10.2 Å². The lowest BCUT2D eigenvalue weighted by Gasteiger charge is -2.05. The van der Waals surface area contributed by atoms with E-state index in [4.69, 9.17) is 0 Å². The number of halogens is 1. The predicted octanol–water partition coefficient (Wildman–Crippen LogP) is 2.13. The summed E-state index contributed by atoms with van der Waals surface area (Å²) in [4.78, 5) is 11.4. The number of aromatic nitrogens is 2. The first-order valence-corrected chi connectivity index (χ1v) is 5.44. The highest BCUT2D eigenvalue weighted by Crippen LogP contribution is 2.35. The van der Waals surface area contributed by atoms with E-state index in [0.29, 0.717) is 5.92 Å². The van der Waals surface area contributed by atoms with Crippen molar-refractivity contribution in [2.24, 2.45) is 7.05 Å². The largest absolute Gasteiger partial charge is 0.299 e. The monoisotopic (exact) mass is 244 g/mol. The summed E-state index contributed by atoms with van der Waals surface area (Å²) in [5.41, 5.74) is 1.13. The van der Waals surface area contributed by atoms with E-state index in [9.17, 15) is 4.79 Å². The molecule has 1 aliphatic rings. The van der Waals surface area contributed by atoms with Crippen molar-refractivity contribution in [3.8, 4) is 0 Å². The van der Waals surface area contributed by atoms with Crippen LogP contribution >= 0.6 is 15.9 Å². The van der Waals surface area contributed by atoms with Gasteiger partial charge in [0.05, 0.1) is 5.69 Å². The molecule has 0 bridgehead atoms. The average molecular weight is 245 g/mol. The van der Waals surface area contributed by atoms with Crippen LogP contribution in [0.15, 0.2) is 9.27 Å². The molecule has 1 aromatic rings. The lowest BCUT2D eigenvalue weighted by atomic mass is 10.1. The fourth-order valence-corrected chi connectivity index (χ4v) is 2.71. The van der Waals surface area contributed by atoms with Crippen molar-refractivity contribution in [1.82, 2.24) is 9.78 Å². The first-order valence-electron chi connectivity index (χ1n) is 4.64. The Labute approximate surface area is 85.3 Å². The number of aryl methyl sites for hydroxylation is 1. The normalized spacial score (nSPS) is 18.3. The molecule has 0 aliphatic heterocycles. The number of H-pyrrole nitrogens is 1. The van der Waals surface area contributed by atoms with Crippen molar-refractivity contribution in [2.45, 2.75) is 31.6 Å². The van der Waals surface area contributed by atoms with Crippen LogP contribution in [0.3, 0.4) is 0 Å². The molecule has 0 radical (unpaired) electrons. The second-order valence-corrected chi connectivity index (χ2v) is 4.48. The molecule has 1 aliphatic carbocycles. The van der Waals surface area contributed by atoms with E-state index in [1.165, 1.54) is 30.4 Å². The number of rotatable bonds is 1. The van der Waals surface area contributed by atoms with Crippen molar-refractivity contribution >= 4 is 15.9 Å². The van der Waals surface area contributed by atoms with Crippen LogP contribution in [0.5, 0.6) is 0 Å². The molecule has 1 fully saturated rings. The topological polar surface area (TPSA) is 37.8 Å². The third kappa shape index (κ3) is 1.47. The second kappa shape index (κ2) is 3.33. The van der Waals surface area contributed by atoms with E-state index in [2.05, 4.69) is 21.0 Å². The molecule has 0 spiro atoms. The molecule has 4 heteroatoms. The van der Waals surface area contributed by atoms with Gasteiger partial charge >= 0.3 is 0 Å². The summed E-state index contributed by atoms with van der Waals surface area (Å²) < 4.78 is 2.26. The summed E-state index contributed by atoms with van der Waals surface area (Å²) in [7, 11) is 1.76. The summed E-state index contributed by atoms with van der Waals surface area (Å²) in [6.07, 6.45) is 4.99. The molecule has 72 valence electrons. The van der Waals surface area contributed by atoms with Crippen LogP contribution in [0.4, 0.5) is 0 Å². The molecule has 3 nitrogen and oxygen atoms in total. The molecule has 1 N–H and O–H groups in total. The maximum absolute atomic E-state index is 11.4. The van der Waals surface area contributed by atoms with Gasteiger partial charge in [-0.25, -0.2) is 0 Å². The standard InChI is InChI=1S/C9H13BrN2O/c1-12-9(13)7(10)8(11-12)6-4-2-3-5-6/h6,11H,2-5H2,1H3. The molecule has 0 amide bonds. The minimum Gasteiger partial charge on any atom is -0.299 e. The van der Waals surface area contributed by atoms with Gasteiger partial charge in [-0.15, -0.1) is 0 Å². The molecule has 0 saturated heterocycles. The number of hydrogen-bond donors (Lipinski definition) is 1. The second-order valence-electron chi connectivity index (χ2n) is 3.69. The molecule has 1 aromatic heterocycles. The van der Waals surface area contributed by atoms with Crippen LogP contribution in [0.1, 0.15) is 37.3 Å². The molecule has 0 aromatic carbocycles. The third-order valence-electron chi connectivity index (χ3n) is 2.78. The maximum Gasteiger partial charge on any atom is 0.280 e. The van der Waals surface area contributed by atoms with Gasteiger partial charge < -0.3 is 0 Å². The summed E-state index contributed by atoms with van der Waals surface area (Å²) in [6, 6.07) is 0. The van der Waals surface area contributed by atoms with Gasteiger partial charge in [0, 0.05) is 13.0 Å². The summed E-state index contributed by atoms with van der Waals surface area (Å²) in [5, 5.41) is 3.11. The van der Waals surface area contributed by atoms with E-state index in [1.54, 1.807) is 7.05 Å². The Hall–Kier alpha value is -0.510. The Balaban J connectivity index is 2.39. The van der Waals surface area contributed by atoms with Crippen LogP contribution in [0, 0.1) is 0 Å². The summed E-state index contributed by atoms with van der Waals surface area (Å²) in [6.45, 7) is 0. The number of nitrogens with one attached hydrogen (secondary N) is 1. The average Bonchev–Trinajstić information content (AvgIpc) is 2.70. The minimum absolute atomic E-state index is 0.0434. The van der Waals surface area contributed by atoms with E-state index >= 15 is 0 Å². The van der Waals surface area contributed by atoms with E-state index < -0.39 is 0 Å². The molecular formula is C9H13BrN2O. The number of aromatic amines is 1. The molecule has 13 heavy (non-hydrogen) atoms. The molecule has 0 atom stereocenters. The van der Waals surface area contributed by atoms with Gasteiger partial charge in [-0.05, 0) is 28.8 Å². The first-order chi connectivity index (χ1) is 6.20. The van der Waals surface area contributed by atoms with Crippen LogP contribution in [0.2, 0.25) is 0 Å². The van der Waals surface area contributed by atoms with Crippen molar-refractivity contribution < 1.29 is 0 Å². The minimum atomic E-state index is 0.0434. The highest BCUT2D eigenvalue weighted by atomic mass is 79.9. The van der Waals surface area contributed by atoms with Crippen LogP contribution < -0.4 is 5.56 Å². The Morgan fingerprint density at radius 3 is 2.54 bits per heavy atom. The van der Waals surface area contributed by atoms with Gasteiger partial charge in [-0.1, -0.05) is 12.8 Å². The Morgan fingerprint density at radius 1 is 1.46 bits per heavy atom. The van der Waals surface area contributed by atoms with Gasteiger partial charge in [0.2, 0.25) is 0 Å². The smallest absolute Gasteiger partial charge is 0.280 e. The Bertz CT molecular complexity index is 360. The lowest BCUT2D eigenvalue weighted by Crippen LogP contribution is -2.11. The van der Waals surface area contributed by atoms with Crippen molar-refractivity contribution in [2.75, 3.05) is 0 Å². The van der Waals surface area contributed by atoms with E-state index in [-0.39, 0.29) is 5.56 Å². The van der Waals surface area contributed by atoms with Crippen LogP contribution in [0.25, 0.3) is 0 Å². The number of hydrogen-bond acceptors (Lipinski definition) is 1. The van der Waals surface area contributed by atoms with Gasteiger partial charge in [0.1, 0.15) is 4.47 Å². The zero-order chi connectivity index (χ0) is 9.42. The Kier molecular flexibility index (Phi) is 2.32. The quantitative estimate of drug-likeness (QED) is 0.808. The van der Waals surface area contributed by atoms with Crippen LogP contribution in [-0.4, -0.2) is 9.78 Å². The SMILES string of the molecule is Cn1[nH]c(C2CCCC2)c(Br)c1=O. The highest BCUT2D eigenvalue weighted by Gasteiger charge is 2.22. The molecule has 0 unspecified atom stereocenters. The molecule has 1 saturated carbocycles. The maximum atomic E-state index is 11.4. The number of nitrogens with zero attached hydrogens (tertiary/aromatic N) is 1. The third-order valence-corrected chi connectivity index (χ3v) is 3.55. The van der Waals surface area contributed by atoms with Gasteiger partial charge in [-0.3, -0.25) is 14.6 Å². The lowest BCUT2D eigenvalue weighted by molar-refractivity contribution is 0.651. The van der Waals surface area contributed by atoms with Gasteiger partial charge in [0.15, 0.2) is 0 Å². The molecular weight excluding hydrogens is 232 g/mol. The van der Waals surface area contributed by atoms with E-state index in [1.807, 2.05) is 0 Å².